The van der Waals surface area contributed by atoms with Crippen LogP contribution < -0.4 is 70.4 Å². The zero-order valence-corrected chi connectivity index (χ0v) is 15.2. The SMILES string of the molecule is NNc1cc(S(=O)(=O)[O-])ccc1S(=O)(=O)[O-].[Na+].[Na+]. The quantitative estimate of drug-likeness (QED) is 0.242. The molecule has 0 aliphatic heterocycles. The van der Waals surface area contributed by atoms with Gasteiger partial charge in [0.1, 0.15) is 20.2 Å². The van der Waals surface area contributed by atoms with Crippen LogP contribution in [0.3, 0.4) is 0 Å². The van der Waals surface area contributed by atoms with E-state index in [1.54, 1.807) is 0 Å². The van der Waals surface area contributed by atoms with E-state index in [0.29, 0.717) is 18.2 Å². The van der Waals surface area contributed by atoms with Crippen LogP contribution in [0.15, 0.2) is 28.0 Å². The Morgan fingerprint density at radius 2 is 1.50 bits per heavy atom. The Bertz CT molecular complexity index is 615. The van der Waals surface area contributed by atoms with Gasteiger partial charge in [-0.05, 0) is 18.2 Å². The van der Waals surface area contributed by atoms with E-state index in [1.807, 2.05) is 5.43 Å². The van der Waals surface area contributed by atoms with Crippen molar-refractivity contribution in [3.05, 3.63) is 18.2 Å². The summed E-state index contributed by atoms with van der Waals surface area (Å²) in [5.74, 6) is 4.91. The van der Waals surface area contributed by atoms with Crippen LogP contribution >= 0.6 is 0 Å². The van der Waals surface area contributed by atoms with Gasteiger partial charge in [-0.2, -0.15) is 0 Å². The van der Waals surface area contributed by atoms with Crippen molar-refractivity contribution in [3.8, 4) is 0 Å². The van der Waals surface area contributed by atoms with Gasteiger partial charge in [0.25, 0.3) is 0 Å². The molecule has 0 aliphatic carbocycles. The minimum Gasteiger partial charge on any atom is -0.744 e. The molecule has 0 heterocycles. The second-order valence-corrected chi connectivity index (χ2v) is 5.44. The Morgan fingerprint density at radius 1 is 1.00 bits per heavy atom. The van der Waals surface area contributed by atoms with E-state index in [2.05, 4.69) is 0 Å². The molecule has 0 aliphatic rings. The summed E-state index contributed by atoms with van der Waals surface area (Å²) in [4.78, 5) is -1.42. The van der Waals surface area contributed by atoms with E-state index < -0.39 is 35.7 Å². The predicted octanol–water partition coefficient (Wildman–Crippen LogP) is -7.21. The molecular formula is C6H6N2Na2O6S2. The molecule has 0 atom stereocenters. The summed E-state index contributed by atoms with van der Waals surface area (Å²) in [5, 5.41) is 0. The van der Waals surface area contributed by atoms with E-state index in [4.69, 9.17) is 5.84 Å². The number of hydrogen-bond acceptors (Lipinski definition) is 8. The number of nitrogens with one attached hydrogen (secondary N) is 1. The number of nitrogens with two attached hydrogens (primary N) is 1. The number of benzene rings is 1. The maximum Gasteiger partial charge on any atom is 1.00 e. The zero-order chi connectivity index (χ0) is 12.6. The van der Waals surface area contributed by atoms with Crippen molar-refractivity contribution in [1.82, 2.24) is 0 Å². The van der Waals surface area contributed by atoms with Crippen molar-refractivity contribution in [2.24, 2.45) is 5.84 Å². The molecule has 0 aromatic heterocycles. The van der Waals surface area contributed by atoms with Crippen molar-refractivity contribution < 1.29 is 85.1 Å². The Morgan fingerprint density at radius 3 is 1.83 bits per heavy atom. The maximum atomic E-state index is 10.7. The zero-order valence-electron chi connectivity index (χ0n) is 9.58. The van der Waals surface area contributed by atoms with Crippen molar-refractivity contribution in [2.75, 3.05) is 5.43 Å². The van der Waals surface area contributed by atoms with Gasteiger partial charge >= 0.3 is 59.1 Å². The Balaban J connectivity index is 0. The summed E-state index contributed by atoms with van der Waals surface area (Å²) in [6.07, 6.45) is 0. The fourth-order valence-electron chi connectivity index (χ4n) is 0.995. The normalized spacial score (nSPS) is 11.1. The molecule has 0 saturated heterocycles. The third-order valence-corrected chi connectivity index (χ3v) is 3.39. The second-order valence-electron chi connectivity index (χ2n) is 2.71. The van der Waals surface area contributed by atoms with Crippen LogP contribution in [0.4, 0.5) is 5.69 Å². The van der Waals surface area contributed by atoms with Gasteiger partial charge in [-0.25, -0.2) is 16.8 Å². The first-order valence-corrected chi connectivity index (χ1v) is 6.50. The molecule has 3 N–H and O–H groups in total. The molecule has 0 spiro atoms. The molecule has 1 aromatic carbocycles. The van der Waals surface area contributed by atoms with Crippen molar-refractivity contribution >= 4 is 25.9 Å². The van der Waals surface area contributed by atoms with Gasteiger partial charge in [-0.15, -0.1) is 0 Å². The third-order valence-electron chi connectivity index (χ3n) is 1.66. The summed E-state index contributed by atoms with van der Waals surface area (Å²) in [6, 6.07) is 2.09. The van der Waals surface area contributed by atoms with Crippen molar-refractivity contribution in [2.45, 2.75) is 9.79 Å². The monoisotopic (exact) mass is 312 g/mol. The first-order valence-electron chi connectivity index (χ1n) is 3.68. The van der Waals surface area contributed by atoms with Gasteiger partial charge in [0, 0.05) is 0 Å². The minimum atomic E-state index is -4.80. The van der Waals surface area contributed by atoms with Crippen molar-refractivity contribution in [1.29, 1.82) is 0 Å². The van der Waals surface area contributed by atoms with Gasteiger partial charge in [0.2, 0.25) is 0 Å². The fourth-order valence-corrected chi connectivity index (χ4v) is 2.11. The summed E-state index contributed by atoms with van der Waals surface area (Å²) < 4.78 is 63.9. The van der Waals surface area contributed by atoms with Gasteiger partial charge in [0.15, 0.2) is 0 Å². The van der Waals surface area contributed by atoms with Gasteiger partial charge in [-0.1, -0.05) is 0 Å². The van der Waals surface area contributed by atoms with Crippen LogP contribution in [0.2, 0.25) is 0 Å². The van der Waals surface area contributed by atoms with Crippen molar-refractivity contribution in [3.63, 3.8) is 0 Å². The summed E-state index contributed by atoms with van der Waals surface area (Å²) in [5.41, 5.74) is 1.38. The van der Waals surface area contributed by atoms with Crippen LogP contribution in [-0.2, 0) is 20.2 Å². The number of hydrazine groups is 1. The first-order chi connectivity index (χ1) is 7.16. The van der Waals surface area contributed by atoms with E-state index in [-0.39, 0.29) is 59.1 Å². The Kier molecular flexibility index (Phi) is 8.85. The van der Waals surface area contributed by atoms with Gasteiger partial charge in [-0.3, -0.25) is 5.84 Å². The Labute approximate surface area is 148 Å². The topological polar surface area (TPSA) is 152 Å². The summed E-state index contributed by atoms with van der Waals surface area (Å²) in [7, 11) is -9.54. The van der Waals surface area contributed by atoms with Crippen LogP contribution in [0.1, 0.15) is 0 Å². The molecule has 1 rings (SSSR count). The molecule has 90 valence electrons. The number of nitrogen functional groups attached to an aromatic ring is 1. The van der Waals surface area contributed by atoms with Gasteiger partial charge < -0.3 is 14.5 Å². The minimum absolute atomic E-state index is 0. The molecule has 1 aromatic rings. The molecule has 0 radical (unpaired) electrons. The second kappa shape index (κ2) is 7.55. The summed E-state index contributed by atoms with van der Waals surface area (Å²) >= 11 is 0. The number of anilines is 1. The molecule has 0 saturated carbocycles. The van der Waals surface area contributed by atoms with Crippen LogP contribution in [0.5, 0.6) is 0 Å². The predicted molar refractivity (Wildman–Crippen MR) is 50.2 cm³/mol. The Hall–Kier alpha value is 0.800. The molecule has 18 heavy (non-hydrogen) atoms. The molecule has 8 nitrogen and oxygen atoms in total. The van der Waals surface area contributed by atoms with Crippen LogP contribution in [0.25, 0.3) is 0 Å². The maximum absolute atomic E-state index is 10.7. The number of rotatable bonds is 3. The average Bonchev–Trinajstić information content (AvgIpc) is 2.14. The molecule has 0 fully saturated rings. The first kappa shape index (κ1) is 21.1. The third kappa shape index (κ3) is 5.43. The molecule has 12 heteroatoms. The van der Waals surface area contributed by atoms with E-state index in [9.17, 15) is 25.9 Å². The molecule has 0 bridgehead atoms. The van der Waals surface area contributed by atoms with E-state index >= 15 is 0 Å². The molecular weight excluding hydrogens is 306 g/mol. The van der Waals surface area contributed by atoms with Crippen LogP contribution in [-0.4, -0.2) is 25.9 Å². The molecule has 0 amide bonds. The van der Waals surface area contributed by atoms with E-state index in [0.717, 1.165) is 0 Å². The van der Waals surface area contributed by atoms with Crippen LogP contribution in [0, 0.1) is 0 Å². The fraction of sp³-hybridized carbons (Fsp3) is 0. The smallest absolute Gasteiger partial charge is 0.744 e. The average molecular weight is 312 g/mol. The number of hydrogen-bond donors (Lipinski definition) is 2. The van der Waals surface area contributed by atoms with E-state index in [1.165, 1.54) is 0 Å². The standard InChI is InChI=1S/C6H8N2O6S2.2Na/c7-8-5-3-4(15(9,10)11)1-2-6(5)16(12,13)14;;/h1-3,8H,7H2,(H,9,10,11)(H,12,13,14);;/q;2*+1/p-2. The summed E-state index contributed by atoms with van der Waals surface area (Å²) in [6.45, 7) is 0. The largest absolute Gasteiger partial charge is 1.00 e. The van der Waals surface area contributed by atoms with Gasteiger partial charge in [0.05, 0.1) is 15.5 Å². The molecule has 0 unspecified atom stereocenters.